The van der Waals surface area contributed by atoms with Crippen molar-refractivity contribution in [3.8, 4) is 5.75 Å². The molecule has 2 atom stereocenters. The summed E-state index contributed by atoms with van der Waals surface area (Å²) in [4.78, 5) is 36.0. The van der Waals surface area contributed by atoms with Crippen LogP contribution in [-0.4, -0.2) is 76.4 Å². The molecule has 0 radical (unpaired) electrons. The molecule has 0 aromatic heterocycles. The number of nitrogens with one attached hydrogen (secondary N) is 1. The number of nitrogens with zero attached hydrogens (tertiary/aromatic N) is 1. The van der Waals surface area contributed by atoms with Gasteiger partial charge >= 0.3 is 12.7 Å². The number of fused-ring (bicyclic) bond motifs is 1. The van der Waals surface area contributed by atoms with Crippen LogP contribution in [0.15, 0.2) is 18.2 Å². The summed E-state index contributed by atoms with van der Waals surface area (Å²) in [5, 5.41) is 31.8. The average molecular weight is 408 g/mol. The van der Waals surface area contributed by atoms with Crippen LogP contribution < -0.4 is 15.7 Å². The Hall–Kier alpha value is -2.67. The zero-order valence-corrected chi connectivity index (χ0v) is 15.8. The maximum Gasteiger partial charge on any atom is 0.433 e. The van der Waals surface area contributed by atoms with Gasteiger partial charge in [-0.1, -0.05) is 18.5 Å². The van der Waals surface area contributed by atoms with E-state index in [2.05, 4.69) is 5.32 Å². The molecule has 0 bridgehead atoms. The smallest absolute Gasteiger partial charge is 0.433 e. The van der Waals surface area contributed by atoms with E-state index in [-0.39, 0.29) is 55.2 Å². The second-order valence-electron chi connectivity index (χ2n) is 7.27. The second-order valence-corrected chi connectivity index (χ2v) is 7.27. The monoisotopic (exact) mass is 408 g/mol. The van der Waals surface area contributed by atoms with E-state index < -0.39 is 24.9 Å². The molecule has 0 aliphatic carbocycles. The van der Waals surface area contributed by atoms with E-state index in [1.807, 2.05) is 0 Å². The molecule has 6 N–H and O–H groups in total. The van der Waals surface area contributed by atoms with E-state index in [0.29, 0.717) is 5.56 Å². The Balaban J connectivity index is 1.64. The summed E-state index contributed by atoms with van der Waals surface area (Å²) in [6.07, 6.45) is -1.45. The molecule has 1 unspecified atom stereocenters. The molecule has 2 aliphatic rings. The number of carbonyl (C=O) groups excluding carboxylic acids is 2. The molecule has 2 aliphatic heterocycles. The Kier molecular flexibility index (Phi) is 5.80. The fourth-order valence-corrected chi connectivity index (χ4v) is 3.39. The molecule has 1 aromatic rings. The Morgan fingerprint density at radius 3 is 2.69 bits per heavy atom. The summed E-state index contributed by atoms with van der Waals surface area (Å²) in [5.41, 5.74) is 5.97. The zero-order valence-electron chi connectivity index (χ0n) is 15.8. The largest absolute Gasteiger partial charge is 0.669 e. The number of rotatable bonds is 6. The predicted molar refractivity (Wildman–Crippen MR) is 99.9 cm³/mol. The van der Waals surface area contributed by atoms with E-state index in [1.165, 1.54) is 24.0 Å². The first-order valence-corrected chi connectivity index (χ1v) is 9.17. The van der Waals surface area contributed by atoms with E-state index >= 15 is 0 Å². The molecule has 3 rings (SSSR count). The van der Waals surface area contributed by atoms with Crippen molar-refractivity contribution in [3.05, 3.63) is 29.3 Å². The van der Waals surface area contributed by atoms with Crippen molar-refractivity contribution >= 4 is 24.5 Å². The maximum atomic E-state index is 12.2. The van der Waals surface area contributed by atoms with Gasteiger partial charge in [0.2, 0.25) is 11.8 Å². The summed E-state index contributed by atoms with van der Waals surface area (Å²) in [5.74, 6) is -2.01. The molecular weight excluding hydrogens is 385 g/mol. The lowest BCUT2D eigenvalue weighted by Gasteiger charge is -2.46. The lowest BCUT2D eigenvalue weighted by atomic mass is 9.68. The van der Waals surface area contributed by atoms with Crippen molar-refractivity contribution in [2.24, 2.45) is 5.73 Å². The van der Waals surface area contributed by atoms with Gasteiger partial charge in [0.15, 0.2) is 0 Å². The van der Waals surface area contributed by atoms with Gasteiger partial charge in [-0.05, 0) is 6.07 Å². The van der Waals surface area contributed by atoms with Crippen molar-refractivity contribution in [2.45, 2.75) is 31.5 Å². The Morgan fingerprint density at radius 2 is 2.07 bits per heavy atom. The minimum atomic E-state index is -3.28. The van der Waals surface area contributed by atoms with Crippen LogP contribution in [0.25, 0.3) is 0 Å². The number of amides is 2. The van der Waals surface area contributed by atoms with Crippen LogP contribution in [-0.2, 0) is 14.3 Å². The molecular formula is C17H23BN3O8-. The number of carbonyl (C=O) groups is 3. The first-order chi connectivity index (χ1) is 13.6. The first-order valence-electron chi connectivity index (χ1n) is 9.17. The Morgan fingerprint density at radius 1 is 1.38 bits per heavy atom. The number of aromatic carboxylic acids is 1. The standard InChI is InChI=1S/C17H23BN3O8/c1-9(22)20-6-13(19)16(23)21-7-10(8-21)28-14-5-18(26,27)29-15-11(14)3-2-4-12(15)17(24)25/h2-4,10,13-14,26-27H,5-8,19H2,1H3,(H,20,22)(H,24,25)/q-1/t13-,14?/m1/s1. The molecule has 29 heavy (non-hydrogen) atoms. The third kappa shape index (κ3) is 4.67. The van der Waals surface area contributed by atoms with E-state index in [9.17, 15) is 29.5 Å². The highest BCUT2D eigenvalue weighted by Crippen LogP contribution is 2.42. The van der Waals surface area contributed by atoms with E-state index in [4.69, 9.17) is 15.1 Å². The van der Waals surface area contributed by atoms with Crippen molar-refractivity contribution in [2.75, 3.05) is 19.6 Å². The highest BCUT2D eigenvalue weighted by molar-refractivity contribution is 6.59. The van der Waals surface area contributed by atoms with Gasteiger partial charge in [0.1, 0.15) is 6.04 Å². The van der Waals surface area contributed by atoms with Gasteiger partial charge in [-0.25, -0.2) is 4.79 Å². The van der Waals surface area contributed by atoms with Gasteiger partial charge in [-0.2, -0.15) is 0 Å². The molecule has 2 heterocycles. The summed E-state index contributed by atoms with van der Waals surface area (Å²) in [6, 6.07) is 3.56. The third-order valence-corrected chi connectivity index (χ3v) is 4.86. The summed E-state index contributed by atoms with van der Waals surface area (Å²) >= 11 is 0. The van der Waals surface area contributed by atoms with Crippen molar-refractivity contribution in [1.82, 2.24) is 10.2 Å². The highest BCUT2D eigenvalue weighted by atomic mass is 16.6. The third-order valence-electron chi connectivity index (χ3n) is 4.86. The molecule has 158 valence electrons. The number of nitrogens with two attached hydrogens (primary N) is 1. The van der Waals surface area contributed by atoms with Gasteiger partial charge in [0.25, 0.3) is 0 Å². The summed E-state index contributed by atoms with van der Waals surface area (Å²) < 4.78 is 11.0. The molecule has 11 nitrogen and oxygen atoms in total. The normalized spacial score (nSPS) is 21.4. The number of hydrogen-bond donors (Lipinski definition) is 5. The fraction of sp³-hybridized carbons (Fsp3) is 0.471. The predicted octanol–water partition coefficient (Wildman–Crippen LogP) is -1.57. The zero-order chi connectivity index (χ0) is 21.3. The molecule has 2 amide bonds. The van der Waals surface area contributed by atoms with Crippen molar-refractivity contribution in [3.63, 3.8) is 0 Å². The molecule has 1 fully saturated rings. The van der Waals surface area contributed by atoms with Gasteiger partial charge in [0, 0.05) is 32.1 Å². The molecule has 12 heteroatoms. The summed E-state index contributed by atoms with van der Waals surface area (Å²) in [6.45, 7) is -1.44. The number of benzene rings is 1. The number of hydrogen-bond acceptors (Lipinski definition) is 8. The average Bonchev–Trinajstić information content (AvgIpc) is 2.60. The van der Waals surface area contributed by atoms with Crippen molar-refractivity contribution < 1.29 is 38.9 Å². The minimum Gasteiger partial charge on any atom is -0.669 e. The molecule has 1 aromatic carbocycles. The van der Waals surface area contributed by atoms with Crippen LogP contribution in [0.3, 0.4) is 0 Å². The second kappa shape index (κ2) is 7.99. The lowest BCUT2D eigenvalue weighted by Crippen LogP contribution is -2.61. The number of carboxylic acid groups (broad SMARTS) is 1. The van der Waals surface area contributed by atoms with Crippen LogP contribution in [0.2, 0.25) is 6.32 Å². The SMILES string of the molecule is CC(=O)NC[C@@H](N)C(=O)N1CC(OC2C[B-](O)(O)Oc3c(C(=O)O)cccc32)C1. The van der Waals surface area contributed by atoms with Gasteiger partial charge < -0.3 is 40.5 Å². The maximum absolute atomic E-state index is 12.2. The molecule has 0 spiro atoms. The van der Waals surface area contributed by atoms with Crippen LogP contribution in [0.4, 0.5) is 0 Å². The Labute approximate surface area is 166 Å². The van der Waals surface area contributed by atoms with Crippen molar-refractivity contribution in [1.29, 1.82) is 0 Å². The molecule has 1 saturated heterocycles. The van der Waals surface area contributed by atoms with Crippen LogP contribution in [0.1, 0.15) is 28.9 Å². The van der Waals surface area contributed by atoms with Gasteiger partial charge in [0.05, 0.1) is 23.5 Å². The number of para-hydroxylation sites is 1. The molecule has 0 saturated carbocycles. The van der Waals surface area contributed by atoms with Gasteiger partial charge in [-0.3, -0.25) is 9.59 Å². The van der Waals surface area contributed by atoms with Crippen LogP contribution in [0.5, 0.6) is 5.75 Å². The topological polar surface area (TPSA) is 172 Å². The van der Waals surface area contributed by atoms with E-state index in [0.717, 1.165) is 0 Å². The van der Waals surface area contributed by atoms with Crippen LogP contribution in [0, 0.1) is 0 Å². The van der Waals surface area contributed by atoms with Crippen LogP contribution >= 0.6 is 0 Å². The fourth-order valence-electron chi connectivity index (χ4n) is 3.39. The van der Waals surface area contributed by atoms with E-state index in [1.54, 1.807) is 6.07 Å². The number of likely N-dealkylation sites (tertiary alicyclic amines) is 1. The number of ether oxygens (including phenoxy) is 1. The van der Waals surface area contributed by atoms with Gasteiger partial charge in [-0.15, -0.1) is 0 Å². The lowest BCUT2D eigenvalue weighted by molar-refractivity contribution is -0.151. The minimum absolute atomic E-state index is 0.0293. The number of carboxylic acids is 1. The Bertz CT molecular complexity index is 827. The first kappa shape index (κ1) is 21.1. The highest BCUT2D eigenvalue weighted by Gasteiger charge is 2.41. The summed E-state index contributed by atoms with van der Waals surface area (Å²) in [7, 11) is 0. The quantitative estimate of drug-likeness (QED) is 0.349.